The lowest BCUT2D eigenvalue weighted by Crippen LogP contribution is -2.40. The molecule has 0 saturated heterocycles. The molecule has 0 aliphatic heterocycles. The highest BCUT2D eigenvalue weighted by molar-refractivity contribution is 7.85. The van der Waals surface area contributed by atoms with E-state index in [1.807, 2.05) is 0 Å². The zero-order valence-electron chi connectivity index (χ0n) is 8.41. The Labute approximate surface area is 90.0 Å². The first-order chi connectivity index (χ1) is 6.78. The number of hydrogen-bond acceptors (Lipinski definition) is 3. The van der Waals surface area contributed by atoms with Crippen LogP contribution in [0.3, 0.4) is 0 Å². The van der Waals surface area contributed by atoms with E-state index in [9.17, 15) is 13.5 Å². The third kappa shape index (κ3) is 4.89. The summed E-state index contributed by atoms with van der Waals surface area (Å²) in [6.45, 7) is 10.6. The molecule has 6 heteroatoms. The largest absolute Gasteiger partial charge is 0.386 e. The zero-order valence-corrected chi connectivity index (χ0v) is 9.23. The summed E-state index contributed by atoms with van der Waals surface area (Å²) >= 11 is 0. The predicted octanol–water partition coefficient (Wildman–Crippen LogP) is 0.482. The fourth-order valence-corrected chi connectivity index (χ4v) is 1.70. The van der Waals surface area contributed by atoms with Crippen LogP contribution in [-0.2, 0) is 10.1 Å². The van der Waals surface area contributed by atoms with Crippen molar-refractivity contribution in [3.63, 3.8) is 0 Å². The Balaban J connectivity index is 4.63. The van der Waals surface area contributed by atoms with Crippen LogP contribution in [0.25, 0.3) is 0 Å². The van der Waals surface area contributed by atoms with E-state index in [4.69, 9.17) is 4.55 Å². The minimum Gasteiger partial charge on any atom is -0.386 e. The molecule has 2 N–H and O–H groups in total. The van der Waals surface area contributed by atoms with Gasteiger partial charge in [-0.3, -0.25) is 4.55 Å². The third-order valence-corrected chi connectivity index (χ3v) is 2.76. The lowest BCUT2D eigenvalue weighted by Gasteiger charge is -2.27. The van der Waals surface area contributed by atoms with E-state index in [-0.39, 0.29) is 11.0 Å². The van der Waals surface area contributed by atoms with Crippen LogP contribution in [-0.4, -0.2) is 41.0 Å². The number of aliphatic hydroxyl groups is 1. The van der Waals surface area contributed by atoms with Crippen LogP contribution in [0.2, 0.25) is 0 Å². The number of hydrogen-bond donors (Lipinski definition) is 2. The molecule has 1 atom stereocenters. The molecule has 86 valence electrons. The minimum atomic E-state index is -4.18. The van der Waals surface area contributed by atoms with Crippen molar-refractivity contribution < 1.29 is 22.6 Å². The second kappa shape index (κ2) is 5.22. The monoisotopic (exact) mass is 234 g/mol. The molecule has 0 spiro atoms. The van der Waals surface area contributed by atoms with Crippen molar-refractivity contribution in [2.75, 3.05) is 12.3 Å². The van der Waals surface area contributed by atoms with Gasteiger partial charge in [0.1, 0.15) is 18.4 Å². The molecule has 0 aliphatic rings. The van der Waals surface area contributed by atoms with Gasteiger partial charge < -0.3 is 5.11 Å². The normalized spacial score (nSPS) is 14.3. The van der Waals surface area contributed by atoms with Gasteiger partial charge in [0, 0.05) is 0 Å². The summed E-state index contributed by atoms with van der Waals surface area (Å²) in [5, 5.41) is 9.42. The molecule has 0 fully saturated rings. The SMILES string of the molecule is C=C[N+](C=C)(C=C)CC(O)CS(=O)(=O)O. The van der Waals surface area contributed by atoms with E-state index in [1.165, 1.54) is 18.6 Å². The molecule has 0 heterocycles. The molecule has 0 amide bonds. The van der Waals surface area contributed by atoms with E-state index >= 15 is 0 Å². The predicted molar refractivity (Wildman–Crippen MR) is 58.1 cm³/mol. The van der Waals surface area contributed by atoms with Crippen LogP contribution >= 0.6 is 0 Å². The maximum Gasteiger partial charge on any atom is 0.267 e. The highest BCUT2D eigenvalue weighted by atomic mass is 32.2. The van der Waals surface area contributed by atoms with Gasteiger partial charge in [-0.25, -0.2) is 4.48 Å². The zero-order chi connectivity index (χ0) is 12.1. The molecule has 0 aromatic heterocycles. The summed E-state index contributed by atoms with van der Waals surface area (Å²) in [4.78, 5) is 0. The van der Waals surface area contributed by atoms with Crippen molar-refractivity contribution in [3.8, 4) is 0 Å². The molecule has 0 aromatic rings. The Morgan fingerprint density at radius 3 is 1.87 bits per heavy atom. The number of rotatable bonds is 7. The molecule has 0 saturated carbocycles. The first-order valence-electron chi connectivity index (χ1n) is 4.19. The van der Waals surface area contributed by atoms with E-state index < -0.39 is 22.0 Å². The van der Waals surface area contributed by atoms with Crippen LogP contribution in [0.1, 0.15) is 0 Å². The quantitative estimate of drug-likeness (QED) is 0.496. The molecule has 1 unspecified atom stereocenters. The Kier molecular flexibility index (Phi) is 4.89. The van der Waals surface area contributed by atoms with Crippen molar-refractivity contribution in [1.82, 2.24) is 0 Å². The van der Waals surface area contributed by atoms with Crippen LogP contribution in [0.4, 0.5) is 0 Å². The Hall–Kier alpha value is -0.950. The molecule has 0 rings (SSSR count). The summed E-state index contributed by atoms with van der Waals surface area (Å²) in [6, 6.07) is 0. The highest BCUT2D eigenvalue weighted by Crippen LogP contribution is 2.11. The lowest BCUT2D eigenvalue weighted by atomic mass is 10.3. The maximum atomic E-state index is 10.5. The van der Waals surface area contributed by atoms with E-state index in [0.717, 1.165) is 0 Å². The molecule has 0 aliphatic carbocycles. The molecule has 0 aromatic carbocycles. The summed E-state index contributed by atoms with van der Waals surface area (Å²) in [6.07, 6.45) is 3.14. The molecular formula is C9H16NO4S+. The van der Waals surface area contributed by atoms with Gasteiger partial charge in [0.2, 0.25) is 0 Å². The van der Waals surface area contributed by atoms with E-state index in [2.05, 4.69) is 19.7 Å². The van der Waals surface area contributed by atoms with Gasteiger partial charge in [-0.15, -0.1) is 0 Å². The van der Waals surface area contributed by atoms with Crippen LogP contribution in [0.15, 0.2) is 38.3 Å². The van der Waals surface area contributed by atoms with E-state index in [0.29, 0.717) is 0 Å². The highest BCUT2D eigenvalue weighted by Gasteiger charge is 2.25. The summed E-state index contributed by atoms with van der Waals surface area (Å²) in [5.74, 6) is -0.720. The van der Waals surface area contributed by atoms with Crippen molar-refractivity contribution in [2.45, 2.75) is 6.10 Å². The van der Waals surface area contributed by atoms with Crippen molar-refractivity contribution >= 4 is 10.1 Å². The summed E-state index contributed by atoms with van der Waals surface area (Å²) < 4.78 is 29.5. The summed E-state index contributed by atoms with van der Waals surface area (Å²) in [7, 11) is -4.18. The van der Waals surface area contributed by atoms with Gasteiger partial charge in [-0.2, -0.15) is 8.42 Å². The maximum absolute atomic E-state index is 10.5. The van der Waals surface area contributed by atoms with Crippen molar-refractivity contribution in [1.29, 1.82) is 0 Å². The lowest BCUT2D eigenvalue weighted by molar-refractivity contribution is -0.776. The topological polar surface area (TPSA) is 74.6 Å². The summed E-state index contributed by atoms with van der Waals surface area (Å²) in [5.41, 5.74) is 0. The molecule has 15 heavy (non-hydrogen) atoms. The number of quaternary nitrogens is 1. The van der Waals surface area contributed by atoms with Gasteiger partial charge in [0.25, 0.3) is 10.1 Å². The van der Waals surface area contributed by atoms with Crippen LogP contribution in [0.5, 0.6) is 0 Å². The smallest absolute Gasteiger partial charge is 0.267 e. The third-order valence-electron chi connectivity index (χ3n) is 1.95. The van der Waals surface area contributed by atoms with Crippen LogP contribution in [0, 0.1) is 0 Å². The van der Waals surface area contributed by atoms with Gasteiger partial charge in [-0.1, -0.05) is 0 Å². The fourth-order valence-electron chi connectivity index (χ4n) is 1.11. The fraction of sp³-hybridized carbons (Fsp3) is 0.333. The minimum absolute atomic E-state index is 0.0102. The average molecular weight is 234 g/mol. The Morgan fingerprint density at radius 2 is 1.60 bits per heavy atom. The molecule has 0 bridgehead atoms. The van der Waals surface area contributed by atoms with Crippen LogP contribution < -0.4 is 0 Å². The number of nitrogens with zero attached hydrogens (tertiary/aromatic N) is 1. The average Bonchev–Trinajstić information content (AvgIpc) is 2.11. The first kappa shape index (κ1) is 14.1. The standard InChI is InChI=1S/C9H15NO4S/c1-4-10(5-2,6-3)7-9(11)8-15(12,13)14/h4-6,9,11H,1-3,7-8H2/p+1. The molecule has 0 radical (unpaired) electrons. The Bertz CT molecular complexity index is 325. The first-order valence-corrected chi connectivity index (χ1v) is 5.80. The van der Waals surface area contributed by atoms with Crippen molar-refractivity contribution in [2.24, 2.45) is 0 Å². The van der Waals surface area contributed by atoms with Gasteiger partial charge in [-0.05, 0) is 19.7 Å². The van der Waals surface area contributed by atoms with Gasteiger partial charge in [0.15, 0.2) is 0 Å². The van der Waals surface area contributed by atoms with Gasteiger partial charge >= 0.3 is 0 Å². The second-order valence-electron chi connectivity index (χ2n) is 3.13. The van der Waals surface area contributed by atoms with E-state index in [1.54, 1.807) is 0 Å². The number of aliphatic hydroxyl groups excluding tert-OH is 1. The second-order valence-corrected chi connectivity index (χ2v) is 4.62. The molecule has 5 nitrogen and oxygen atoms in total. The van der Waals surface area contributed by atoms with Gasteiger partial charge in [0.05, 0.1) is 18.6 Å². The van der Waals surface area contributed by atoms with Crippen molar-refractivity contribution in [3.05, 3.63) is 38.3 Å². The Morgan fingerprint density at radius 1 is 1.20 bits per heavy atom. The molecular weight excluding hydrogens is 218 g/mol.